The molecule has 0 atom stereocenters. The summed E-state index contributed by atoms with van der Waals surface area (Å²) >= 11 is 6.07. The maximum Gasteiger partial charge on any atom is 0.194 e. The molecule has 9 heteroatoms. The van der Waals surface area contributed by atoms with Crippen LogP contribution >= 0.6 is 35.6 Å². The number of rotatable bonds is 4. The first-order valence-corrected chi connectivity index (χ1v) is 7.51. The number of guanidine groups is 1. The summed E-state index contributed by atoms with van der Waals surface area (Å²) in [5.74, 6) is 1.91. The van der Waals surface area contributed by atoms with Crippen LogP contribution in [0.5, 0.6) is 0 Å². The predicted octanol–water partition coefficient (Wildman–Crippen LogP) is 2.74. The van der Waals surface area contributed by atoms with Crippen molar-refractivity contribution < 1.29 is 4.39 Å². The number of aliphatic imine (C=N–C) groups is 1. The lowest BCUT2D eigenvalue weighted by Gasteiger charge is -2.22. The van der Waals surface area contributed by atoms with Gasteiger partial charge in [0.1, 0.15) is 11.6 Å². The predicted molar refractivity (Wildman–Crippen MR) is 104 cm³/mol. The summed E-state index contributed by atoms with van der Waals surface area (Å²) in [6.45, 7) is 2.67. The van der Waals surface area contributed by atoms with Gasteiger partial charge < -0.3 is 14.8 Å². The lowest BCUT2D eigenvalue weighted by Crippen LogP contribution is -2.38. The molecule has 1 N–H and O–H groups in total. The van der Waals surface area contributed by atoms with Crippen LogP contribution in [0.3, 0.4) is 0 Å². The molecule has 0 radical (unpaired) electrons. The van der Waals surface area contributed by atoms with Gasteiger partial charge in [-0.1, -0.05) is 17.7 Å². The minimum atomic E-state index is -0.330. The van der Waals surface area contributed by atoms with Gasteiger partial charge in [-0.25, -0.2) is 4.39 Å². The molecule has 2 aromatic rings. The highest BCUT2D eigenvalue weighted by Crippen LogP contribution is 2.20. The van der Waals surface area contributed by atoms with Crippen LogP contribution in [0, 0.1) is 12.7 Å². The molecule has 0 aliphatic heterocycles. The van der Waals surface area contributed by atoms with E-state index in [1.165, 1.54) is 6.07 Å². The molecule has 1 heterocycles. The van der Waals surface area contributed by atoms with E-state index in [-0.39, 0.29) is 29.8 Å². The molecular formula is C15H21ClFIN6. The Hall–Kier alpha value is -1.42. The summed E-state index contributed by atoms with van der Waals surface area (Å²) in [5, 5.41) is 11.7. The van der Waals surface area contributed by atoms with Crippen LogP contribution < -0.4 is 5.32 Å². The fraction of sp³-hybridized carbons (Fsp3) is 0.400. The van der Waals surface area contributed by atoms with Gasteiger partial charge in [0.15, 0.2) is 11.8 Å². The first-order valence-electron chi connectivity index (χ1n) is 7.13. The van der Waals surface area contributed by atoms with Gasteiger partial charge in [0.2, 0.25) is 0 Å². The molecular weight excluding hydrogens is 446 g/mol. The number of aryl methyl sites for hydroxylation is 1. The Morgan fingerprint density at radius 1 is 1.42 bits per heavy atom. The maximum atomic E-state index is 13.9. The molecule has 24 heavy (non-hydrogen) atoms. The molecule has 2 rings (SSSR count). The molecule has 0 saturated carbocycles. The summed E-state index contributed by atoms with van der Waals surface area (Å²) < 4.78 is 15.8. The van der Waals surface area contributed by atoms with E-state index in [4.69, 9.17) is 11.6 Å². The van der Waals surface area contributed by atoms with Crippen LogP contribution in [0.4, 0.5) is 4.39 Å². The van der Waals surface area contributed by atoms with Crippen molar-refractivity contribution in [3.05, 3.63) is 46.3 Å². The zero-order chi connectivity index (χ0) is 17.0. The average Bonchev–Trinajstić information content (AvgIpc) is 2.83. The zero-order valence-electron chi connectivity index (χ0n) is 14.0. The summed E-state index contributed by atoms with van der Waals surface area (Å²) in [6, 6.07) is 4.66. The maximum absolute atomic E-state index is 13.9. The number of aromatic nitrogens is 3. The second-order valence-corrected chi connectivity index (χ2v) is 5.59. The van der Waals surface area contributed by atoms with E-state index in [1.54, 1.807) is 24.1 Å². The Morgan fingerprint density at radius 2 is 2.12 bits per heavy atom. The van der Waals surface area contributed by atoms with Crippen molar-refractivity contribution in [2.45, 2.75) is 20.0 Å². The third-order valence-electron chi connectivity index (χ3n) is 3.62. The molecule has 0 aliphatic carbocycles. The Bertz CT molecular complexity index is 698. The van der Waals surface area contributed by atoms with Crippen LogP contribution in [0.2, 0.25) is 5.02 Å². The SMILES string of the molecule is CN=C(NCc1nnc(C)n1C)N(C)Cc1c(F)cccc1Cl.I. The Kier molecular flexibility index (Phi) is 7.88. The van der Waals surface area contributed by atoms with Gasteiger partial charge >= 0.3 is 0 Å². The van der Waals surface area contributed by atoms with Crippen molar-refractivity contribution in [2.24, 2.45) is 12.0 Å². The van der Waals surface area contributed by atoms with Crippen molar-refractivity contribution in [3.63, 3.8) is 0 Å². The van der Waals surface area contributed by atoms with E-state index in [2.05, 4.69) is 20.5 Å². The third kappa shape index (κ3) is 4.79. The van der Waals surface area contributed by atoms with Crippen molar-refractivity contribution in [1.82, 2.24) is 25.0 Å². The summed E-state index contributed by atoms with van der Waals surface area (Å²) in [7, 11) is 5.39. The van der Waals surface area contributed by atoms with Crippen LogP contribution in [0.25, 0.3) is 0 Å². The quantitative estimate of drug-likeness (QED) is 0.428. The topological polar surface area (TPSA) is 58.3 Å². The van der Waals surface area contributed by atoms with E-state index in [0.717, 1.165) is 11.6 Å². The first kappa shape index (κ1) is 20.6. The Balaban J connectivity index is 0.00000288. The van der Waals surface area contributed by atoms with Gasteiger partial charge in [-0.05, 0) is 19.1 Å². The molecule has 0 aliphatic rings. The standard InChI is InChI=1S/C15H20ClFN6.HI/c1-10-20-21-14(23(10)4)8-19-15(18-2)22(3)9-11-12(16)6-5-7-13(11)17;/h5-7H,8-9H2,1-4H3,(H,18,19);1H. The largest absolute Gasteiger partial charge is 0.349 e. The fourth-order valence-corrected chi connectivity index (χ4v) is 2.37. The normalized spacial score (nSPS) is 11.2. The summed E-state index contributed by atoms with van der Waals surface area (Å²) in [5.41, 5.74) is 0.439. The first-order chi connectivity index (χ1) is 10.9. The van der Waals surface area contributed by atoms with E-state index < -0.39 is 0 Å². The number of benzene rings is 1. The van der Waals surface area contributed by atoms with Crippen molar-refractivity contribution >= 4 is 41.5 Å². The van der Waals surface area contributed by atoms with E-state index in [1.807, 2.05) is 25.6 Å². The zero-order valence-corrected chi connectivity index (χ0v) is 17.1. The molecule has 0 unspecified atom stereocenters. The van der Waals surface area contributed by atoms with Gasteiger partial charge in [-0.3, -0.25) is 4.99 Å². The van der Waals surface area contributed by atoms with Crippen LogP contribution in [-0.2, 0) is 20.1 Å². The highest BCUT2D eigenvalue weighted by atomic mass is 127. The molecule has 6 nitrogen and oxygen atoms in total. The molecule has 1 aromatic carbocycles. The highest BCUT2D eigenvalue weighted by molar-refractivity contribution is 14.0. The van der Waals surface area contributed by atoms with E-state index >= 15 is 0 Å². The summed E-state index contributed by atoms with van der Waals surface area (Å²) in [6.07, 6.45) is 0. The molecule has 1 aromatic heterocycles. The Morgan fingerprint density at radius 3 is 2.67 bits per heavy atom. The van der Waals surface area contributed by atoms with Gasteiger partial charge in [0, 0.05) is 38.3 Å². The second-order valence-electron chi connectivity index (χ2n) is 5.18. The molecule has 0 spiro atoms. The van der Waals surface area contributed by atoms with Crippen molar-refractivity contribution in [2.75, 3.05) is 14.1 Å². The lowest BCUT2D eigenvalue weighted by atomic mass is 10.2. The minimum absolute atomic E-state index is 0. The van der Waals surface area contributed by atoms with Crippen LogP contribution in [0.1, 0.15) is 17.2 Å². The summed E-state index contributed by atoms with van der Waals surface area (Å²) in [4.78, 5) is 6.00. The smallest absolute Gasteiger partial charge is 0.194 e. The van der Waals surface area contributed by atoms with E-state index in [0.29, 0.717) is 29.6 Å². The van der Waals surface area contributed by atoms with E-state index in [9.17, 15) is 4.39 Å². The molecule has 0 amide bonds. The monoisotopic (exact) mass is 466 g/mol. The Labute approximate surface area is 163 Å². The molecule has 0 bridgehead atoms. The molecule has 0 fully saturated rings. The second kappa shape index (κ2) is 9.16. The van der Waals surface area contributed by atoms with Gasteiger partial charge in [-0.2, -0.15) is 0 Å². The highest BCUT2D eigenvalue weighted by Gasteiger charge is 2.13. The molecule has 132 valence electrons. The number of nitrogens with zero attached hydrogens (tertiary/aromatic N) is 5. The fourth-order valence-electron chi connectivity index (χ4n) is 2.14. The van der Waals surface area contributed by atoms with Crippen molar-refractivity contribution in [3.8, 4) is 0 Å². The average molecular weight is 467 g/mol. The lowest BCUT2D eigenvalue weighted by molar-refractivity contribution is 0.459. The van der Waals surface area contributed by atoms with Crippen LogP contribution in [0.15, 0.2) is 23.2 Å². The number of nitrogens with one attached hydrogen (secondary N) is 1. The van der Waals surface area contributed by atoms with Gasteiger partial charge in [-0.15, -0.1) is 34.2 Å². The third-order valence-corrected chi connectivity index (χ3v) is 3.97. The van der Waals surface area contributed by atoms with Gasteiger partial charge in [0.05, 0.1) is 6.54 Å². The van der Waals surface area contributed by atoms with Gasteiger partial charge in [0.25, 0.3) is 0 Å². The number of hydrogen-bond donors (Lipinski definition) is 1. The minimum Gasteiger partial charge on any atom is -0.349 e. The number of halogens is 3. The molecule has 0 saturated heterocycles. The van der Waals surface area contributed by atoms with Crippen LogP contribution in [-0.4, -0.2) is 39.7 Å². The van der Waals surface area contributed by atoms with Crippen molar-refractivity contribution in [1.29, 1.82) is 0 Å². The number of hydrogen-bond acceptors (Lipinski definition) is 3.